The van der Waals surface area contributed by atoms with Gasteiger partial charge in [0.1, 0.15) is 11.2 Å². The molecule has 0 aromatic rings. The van der Waals surface area contributed by atoms with Crippen molar-refractivity contribution in [3.63, 3.8) is 0 Å². The second kappa shape index (κ2) is 12.2. The molecule has 0 spiro atoms. The maximum Gasteiger partial charge on any atom is 0.407 e. The molecule has 0 saturated heterocycles. The van der Waals surface area contributed by atoms with Crippen LogP contribution in [0.2, 0.25) is 0 Å². The highest BCUT2D eigenvalue weighted by Crippen LogP contribution is 2.23. The number of rotatable bonds is 8. The fourth-order valence-electron chi connectivity index (χ4n) is 4.78. The third kappa shape index (κ3) is 10.5. The van der Waals surface area contributed by atoms with Gasteiger partial charge in [-0.3, -0.25) is 9.69 Å². The number of carbonyl (C=O) groups is 2. The fraction of sp³-hybridized carbons (Fsp3) is 0.920. The molecule has 0 radical (unpaired) electrons. The van der Waals surface area contributed by atoms with Crippen LogP contribution in [0.4, 0.5) is 4.79 Å². The predicted octanol–water partition coefficient (Wildman–Crippen LogP) is 4.39. The molecule has 2 saturated carbocycles. The number of ether oxygens (including phenoxy) is 2. The van der Waals surface area contributed by atoms with Crippen molar-refractivity contribution in [2.75, 3.05) is 19.6 Å². The van der Waals surface area contributed by atoms with E-state index in [1.165, 1.54) is 19.3 Å². The highest BCUT2D eigenvalue weighted by molar-refractivity contribution is 5.72. The van der Waals surface area contributed by atoms with Gasteiger partial charge in [-0.25, -0.2) is 4.79 Å². The van der Waals surface area contributed by atoms with Crippen molar-refractivity contribution in [3.05, 3.63) is 0 Å². The standard InChI is InChI=1S/C25H47N3O4/c1-24(2,3)31-22(29)18-28(19-12-8-7-9-13-19)17-16-26-20-14-10-11-15-21(20)27-23(30)32-25(4,5)6/h19-21,26H,7-18H2,1-6H3,(H,27,30)/t20-,21-/m0/s1. The summed E-state index contributed by atoms with van der Waals surface area (Å²) in [5, 5.41) is 6.74. The molecule has 7 nitrogen and oxygen atoms in total. The average molecular weight is 454 g/mol. The highest BCUT2D eigenvalue weighted by Gasteiger charge is 2.29. The summed E-state index contributed by atoms with van der Waals surface area (Å²) in [6.07, 6.45) is 9.97. The molecule has 0 aliphatic heterocycles. The SMILES string of the molecule is CC(C)(C)OC(=O)CN(CCN[C@H]1CCCC[C@@H]1NC(=O)OC(C)(C)C)C1CCCCC1. The number of alkyl carbamates (subject to hydrolysis) is 1. The minimum absolute atomic E-state index is 0.0765. The maximum atomic E-state index is 12.5. The topological polar surface area (TPSA) is 79.9 Å². The van der Waals surface area contributed by atoms with Crippen molar-refractivity contribution in [1.82, 2.24) is 15.5 Å². The van der Waals surface area contributed by atoms with E-state index in [-0.39, 0.29) is 24.1 Å². The van der Waals surface area contributed by atoms with E-state index in [4.69, 9.17) is 9.47 Å². The second-order valence-electron chi connectivity index (χ2n) is 11.4. The summed E-state index contributed by atoms with van der Waals surface area (Å²) in [5.74, 6) is -0.148. The normalized spacial score (nSPS) is 23.1. The van der Waals surface area contributed by atoms with Gasteiger partial charge in [0, 0.05) is 31.2 Å². The third-order valence-corrected chi connectivity index (χ3v) is 6.12. The Morgan fingerprint density at radius 1 is 0.812 bits per heavy atom. The Kier molecular flexibility index (Phi) is 10.3. The average Bonchev–Trinajstić information content (AvgIpc) is 2.66. The molecule has 2 fully saturated rings. The number of amides is 1. The molecular formula is C25H47N3O4. The molecule has 32 heavy (non-hydrogen) atoms. The number of esters is 1. The second-order valence-corrected chi connectivity index (χ2v) is 11.4. The van der Waals surface area contributed by atoms with E-state index in [0.717, 1.165) is 51.6 Å². The Labute approximate surface area is 195 Å². The van der Waals surface area contributed by atoms with E-state index in [1.54, 1.807) is 0 Å². The summed E-state index contributed by atoms with van der Waals surface area (Å²) < 4.78 is 11.1. The molecule has 0 heterocycles. The molecule has 0 aromatic carbocycles. The Hall–Kier alpha value is -1.34. The Morgan fingerprint density at radius 2 is 1.38 bits per heavy atom. The molecule has 2 atom stereocenters. The lowest BCUT2D eigenvalue weighted by Gasteiger charge is -2.36. The van der Waals surface area contributed by atoms with E-state index < -0.39 is 11.2 Å². The van der Waals surface area contributed by atoms with E-state index in [0.29, 0.717) is 12.6 Å². The minimum Gasteiger partial charge on any atom is -0.459 e. The van der Waals surface area contributed by atoms with Crippen molar-refractivity contribution in [3.8, 4) is 0 Å². The zero-order chi connectivity index (χ0) is 23.8. The van der Waals surface area contributed by atoms with Crippen LogP contribution in [0.15, 0.2) is 0 Å². The van der Waals surface area contributed by atoms with Gasteiger partial charge in [0.25, 0.3) is 0 Å². The van der Waals surface area contributed by atoms with Gasteiger partial charge < -0.3 is 20.1 Å². The van der Waals surface area contributed by atoms with Crippen LogP contribution in [-0.2, 0) is 14.3 Å². The number of hydrogen-bond donors (Lipinski definition) is 2. The lowest BCUT2D eigenvalue weighted by Crippen LogP contribution is -2.54. The van der Waals surface area contributed by atoms with Crippen LogP contribution in [0.3, 0.4) is 0 Å². The molecule has 2 aliphatic carbocycles. The first-order valence-corrected chi connectivity index (χ1v) is 12.6. The first kappa shape index (κ1) is 26.9. The Balaban J connectivity index is 1.89. The molecule has 186 valence electrons. The number of hydrogen-bond acceptors (Lipinski definition) is 6. The summed E-state index contributed by atoms with van der Waals surface area (Å²) in [7, 11) is 0. The van der Waals surface area contributed by atoms with Gasteiger partial charge in [0.15, 0.2) is 0 Å². The van der Waals surface area contributed by atoms with Gasteiger partial charge in [-0.05, 0) is 67.2 Å². The lowest BCUT2D eigenvalue weighted by molar-refractivity contribution is -0.156. The van der Waals surface area contributed by atoms with E-state index in [2.05, 4.69) is 15.5 Å². The quantitative estimate of drug-likeness (QED) is 0.531. The summed E-state index contributed by atoms with van der Waals surface area (Å²) in [6.45, 7) is 13.3. The van der Waals surface area contributed by atoms with Crippen LogP contribution in [0.25, 0.3) is 0 Å². The van der Waals surface area contributed by atoms with Crippen LogP contribution in [-0.4, -0.2) is 65.9 Å². The van der Waals surface area contributed by atoms with Gasteiger partial charge in [-0.1, -0.05) is 32.1 Å². The molecule has 1 amide bonds. The van der Waals surface area contributed by atoms with Crippen LogP contribution in [0.1, 0.15) is 99.3 Å². The third-order valence-electron chi connectivity index (χ3n) is 6.12. The summed E-state index contributed by atoms with van der Waals surface area (Å²) in [5.41, 5.74) is -0.958. The Bertz CT molecular complexity index is 591. The first-order valence-electron chi connectivity index (χ1n) is 12.6. The van der Waals surface area contributed by atoms with Crippen LogP contribution in [0, 0.1) is 0 Å². The monoisotopic (exact) mass is 453 g/mol. The van der Waals surface area contributed by atoms with Gasteiger partial charge in [0.2, 0.25) is 0 Å². The van der Waals surface area contributed by atoms with Gasteiger partial charge in [-0.2, -0.15) is 0 Å². The molecule has 2 N–H and O–H groups in total. The van der Waals surface area contributed by atoms with Gasteiger partial charge >= 0.3 is 12.1 Å². The van der Waals surface area contributed by atoms with Crippen LogP contribution < -0.4 is 10.6 Å². The summed E-state index contributed by atoms with van der Waals surface area (Å²) in [4.78, 5) is 27.1. The number of carbonyl (C=O) groups excluding carboxylic acids is 2. The maximum absolute atomic E-state index is 12.5. The molecule has 7 heteroatoms. The molecule has 2 rings (SSSR count). The number of nitrogens with zero attached hydrogens (tertiary/aromatic N) is 1. The van der Waals surface area contributed by atoms with Gasteiger partial charge in [-0.15, -0.1) is 0 Å². The largest absolute Gasteiger partial charge is 0.459 e. The summed E-state index contributed by atoms with van der Waals surface area (Å²) in [6, 6.07) is 0.749. The number of nitrogens with one attached hydrogen (secondary N) is 2. The fourth-order valence-corrected chi connectivity index (χ4v) is 4.78. The molecule has 0 bridgehead atoms. The predicted molar refractivity (Wildman–Crippen MR) is 128 cm³/mol. The minimum atomic E-state index is -0.496. The molecular weight excluding hydrogens is 406 g/mol. The summed E-state index contributed by atoms with van der Waals surface area (Å²) >= 11 is 0. The first-order chi connectivity index (χ1) is 14.9. The highest BCUT2D eigenvalue weighted by atomic mass is 16.6. The molecule has 2 aliphatic rings. The van der Waals surface area contributed by atoms with Crippen molar-refractivity contribution in [1.29, 1.82) is 0 Å². The van der Waals surface area contributed by atoms with Gasteiger partial charge in [0.05, 0.1) is 6.54 Å². The zero-order valence-electron chi connectivity index (χ0n) is 21.3. The van der Waals surface area contributed by atoms with Crippen molar-refractivity contribution in [2.24, 2.45) is 0 Å². The van der Waals surface area contributed by atoms with Crippen LogP contribution >= 0.6 is 0 Å². The van der Waals surface area contributed by atoms with E-state index in [1.807, 2.05) is 41.5 Å². The van der Waals surface area contributed by atoms with Crippen molar-refractivity contribution in [2.45, 2.75) is 129 Å². The van der Waals surface area contributed by atoms with Crippen molar-refractivity contribution >= 4 is 12.1 Å². The van der Waals surface area contributed by atoms with E-state index in [9.17, 15) is 9.59 Å². The van der Waals surface area contributed by atoms with Crippen LogP contribution in [0.5, 0.6) is 0 Å². The van der Waals surface area contributed by atoms with Crippen molar-refractivity contribution < 1.29 is 19.1 Å². The molecule has 0 unspecified atom stereocenters. The van der Waals surface area contributed by atoms with E-state index >= 15 is 0 Å². The lowest BCUT2D eigenvalue weighted by atomic mass is 9.90. The zero-order valence-corrected chi connectivity index (χ0v) is 21.3. The molecule has 0 aromatic heterocycles. The smallest absolute Gasteiger partial charge is 0.407 e. The Morgan fingerprint density at radius 3 is 1.97 bits per heavy atom.